The molecule has 1 aromatic heterocycles. The minimum Gasteiger partial charge on any atom is -0.493 e. The average Bonchev–Trinajstić information content (AvgIpc) is 2.82. The molecule has 0 aliphatic carbocycles. The average molecular weight is 471 g/mol. The number of unbranched alkanes of at least 4 members (excludes halogenated alkanes) is 3. The molecule has 0 aliphatic heterocycles. The number of hydrogen-bond acceptors (Lipinski definition) is 6. The summed E-state index contributed by atoms with van der Waals surface area (Å²) >= 11 is 0. The number of rotatable bonds is 11. The first-order valence-corrected chi connectivity index (χ1v) is 10.7. The lowest BCUT2D eigenvalue weighted by molar-refractivity contribution is -0.171. The molecule has 0 fully saturated rings. The number of methoxy groups -OCH3 is 1. The first kappa shape index (κ1) is 24.8. The molecule has 34 heavy (non-hydrogen) atoms. The minimum absolute atomic E-state index is 0.199. The van der Waals surface area contributed by atoms with Crippen molar-refractivity contribution in [2.45, 2.75) is 38.3 Å². The number of nitrogens with one attached hydrogen (secondary N) is 1. The van der Waals surface area contributed by atoms with E-state index in [1.54, 1.807) is 12.1 Å². The third-order valence-corrected chi connectivity index (χ3v) is 5.08. The first-order chi connectivity index (χ1) is 16.3. The van der Waals surface area contributed by atoms with Gasteiger partial charge in [-0.1, -0.05) is 24.8 Å². The number of fused-ring (bicyclic) bond motifs is 1. The first-order valence-electron chi connectivity index (χ1n) is 10.7. The van der Waals surface area contributed by atoms with Crippen LogP contribution in [0.1, 0.15) is 37.7 Å². The number of hydrogen-bond donors (Lipinski definition) is 1. The molecule has 2 aromatic carbocycles. The summed E-state index contributed by atoms with van der Waals surface area (Å²) in [6.45, 7) is 0.343. The Hall–Kier alpha value is -3.80. The lowest BCUT2D eigenvalue weighted by Crippen LogP contribution is -2.22. The molecule has 0 bridgehead atoms. The number of ketones is 1. The summed E-state index contributed by atoms with van der Waals surface area (Å²) in [5.74, 6) is 2.48. The Labute approximate surface area is 195 Å². The number of alkyl halides is 3. The quantitative estimate of drug-likeness (QED) is 0.280. The van der Waals surface area contributed by atoms with Gasteiger partial charge in [0.2, 0.25) is 5.78 Å². The molecule has 0 spiro atoms. The molecule has 6 nitrogen and oxygen atoms in total. The van der Waals surface area contributed by atoms with Crippen LogP contribution >= 0.6 is 0 Å². The van der Waals surface area contributed by atoms with Crippen LogP contribution in [0.3, 0.4) is 0 Å². The Morgan fingerprint density at radius 1 is 1.09 bits per heavy atom. The maximum atomic E-state index is 12.2. The van der Waals surface area contributed by atoms with E-state index in [0.717, 1.165) is 16.6 Å². The molecule has 178 valence electrons. The highest BCUT2D eigenvalue weighted by atomic mass is 19.4. The van der Waals surface area contributed by atoms with Gasteiger partial charge >= 0.3 is 6.18 Å². The second-order valence-electron chi connectivity index (χ2n) is 7.53. The SMILES string of the molecule is C#Cc1cccc(Nc2ncnc3cc(OC)c(OCCCCCCC(=O)C(F)(F)F)cc23)c1. The number of terminal acetylenes is 1. The fraction of sp³-hybridized carbons (Fsp3) is 0.320. The Morgan fingerprint density at radius 3 is 2.62 bits per heavy atom. The number of carbonyl (C=O) groups is 1. The van der Waals surface area contributed by atoms with Gasteiger partial charge in [-0.15, -0.1) is 6.42 Å². The molecule has 0 radical (unpaired) electrons. The second-order valence-corrected chi connectivity index (χ2v) is 7.53. The van der Waals surface area contributed by atoms with Gasteiger partial charge in [0.05, 0.1) is 19.2 Å². The van der Waals surface area contributed by atoms with E-state index in [0.29, 0.717) is 48.7 Å². The van der Waals surface area contributed by atoms with Crippen molar-refractivity contribution in [2.24, 2.45) is 0 Å². The van der Waals surface area contributed by atoms with E-state index in [4.69, 9.17) is 15.9 Å². The summed E-state index contributed by atoms with van der Waals surface area (Å²) < 4.78 is 48.0. The van der Waals surface area contributed by atoms with Crippen molar-refractivity contribution in [1.29, 1.82) is 0 Å². The molecular weight excluding hydrogens is 447 g/mol. The minimum atomic E-state index is -4.75. The topological polar surface area (TPSA) is 73.3 Å². The molecule has 0 saturated carbocycles. The van der Waals surface area contributed by atoms with Crippen LogP contribution in [-0.2, 0) is 4.79 Å². The smallest absolute Gasteiger partial charge is 0.449 e. The number of benzene rings is 2. The van der Waals surface area contributed by atoms with Crippen molar-refractivity contribution in [2.75, 3.05) is 19.0 Å². The lowest BCUT2D eigenvalue weighted by atomic mass is 10.1. The third-order valence-electron chi connectivity index (χ3n) is 5.08. The number of Topliss-reactive ketones (excluding diaryl/α,β-unsaturated/α-hetero) is 1. The highest BCUT2D eigenvalue weighted by Gasteiger charge is 2.37. The number of carbonyl (C=O) groups excluding carboxylic acids is 1. The molecule has 9 heteroatoms. The van der Waals surface area contributed by atoms with Crippen LogP contribution in [0.5, 0.6) is 11.5 Å². The second kappa shape index (κ2) is 11.4. The van der Waals surface area contributed by atoms with Gasteiger partial charge < -0.3 is 14.8 Å². The molecule has 0 aliphatic rings. The zero-order valence-electron chi connectivity index (χ0n) is 18.6. The lowest BCUT2D eigenvalue weighted by Gasteiger charge is -2.14. The van der Waals surface area contributed by atoms with Crippen LogP contribution in [0.15, 0.2) is 42.7 Å². The molecule has 3 rings (SSSR count). The maximum Gasteiger partial charge on any atom is 0.449 e. The maximum absolute atomic E-state index is 12.2. The highest BCUT2D eigenvalue weighted by molar-refractivity contribution is 5.93. The third kappa shape index (κ3) is 6.61. The molecule has 1 heterocycles. The van der Waals surface area contributed by atoms with Crippen molar-refractivity contribution in [3.05, 3.63) is 48.3 Å². The van der Waals surface area contributed by atoms with Gasteiger partial charge in [-0.2, -0.15) is 13.2 Å². The number of anilines is 2. The molecule has 0 unspecified atom stereocenters. The van der Waals surface area contributed by atoms with Crippen LogP contribution in [-0.4, -0.2) is 35.6 Å². The van der Waals surface area contributed by atoms with Crippen LogP contribution < -0.4 is 14.8 Å². The number of ether oxygens (including phenoxy) is 2. The van der Waals surface area contributed by atoms with Crippen molar-refractivity contribution in [1.82, 2.24) is 9.97 Å². The summed E-state index contributed by atoms with van der Waals surface area (Å²) in [5, 5.41) is 3.96. The van der Waals surface area contributed by atoms with Gasteiger partial charge in [-0.25, -0.2) is 9.97 Å². The van der Waals surface area contributed by atoms with Crippen LogP contribution in [0, 0.1) is 12.3 Å². The summed E-state index contributed by atoms with van der Waals surface area (Å²) in [4.78, 5) is 19.5. The van der Waals surface area contributed by atoms with E-state index >= 15 is 0 Å². The molecular formula is C25H24F3N3O3. The van der Waals surface area contributed by atoms with Gasteiger partial charge in [0, 0.05) is 29.1 Å². The standard InChI is InChI=1S/C25H24F3N3O3/c1-3-17-9-8-10-18(13-17)31-24-19-14-22(21(33-2)15-20(19)29-16-30-24)34-12-7-5-4-6-11-23(32)25(26,27)28/h1,8-10,13-16H,4-7,11-12H2,2H3,(H,29,30,31). The van der Waals surface area contributed by atoms with E-state index in [-0.39, 0.29) is 6.42 Å². The summed E-state index contributed by atoms with van der Waals surface area (Å²) in [6.07, 6.45) is 3.66. The number of halogens is 3. The Balaban J connectivity index is 1.64. The predicted octanol–water partition coefficient (Wildman–Crippen LogP) is 5.82. The van der Waals surface area contributed by atoms with Crippen LogP contribution in [0.25, 0.3) is 10.9 Å². The Morgan fingerprint density at radius 2 is 1.88 bits per heavy atom. The van der Waals surface area contributed by atoms with E-state index in [9.17, 15) is 18.0 Å². The number of aromatic nitrogens is 2. The van der Waals surface area contributed by atoms with Gasteiger partial charge in [0.25, 0.3) is 0 Å². The van der Waals surface area contributed by atoms with Crippen molar-refractivity contribution >= 4 is 28.2 Å². The Bertz CT molecular complexity index is 1190. The molecule has 1 N–H and O–H groups in total. The highest BCUT2D eigenvalue weighted by Crippen LogP contribution is 2.35. The van der Waals surface area contributed by atoms with Crippen LogP contribution in [0.2, 0.25) is 0 Å². The van der Waals surface area contributed by atoms with Gasteiger partial charge in [-0.3, -0.25) is 4.79 Å². The van der Waals surface area contributed by atoms with Crippen molar-refractivity contribution in [3.8, 4) is 23.8 Å². The fourth-order valence-corrected chi connectivity index (χ4v) is 3.32. The largest absolute Gasteiger partial charge is 0.493 e. The van der Waals surface area contributed by atoms with Crippen molar-refractivity contribution in [3.63, 3.8) is 0 Å². The summed E-state index contributed by atoms with van der Waals surface area (Å²) in [7, 11) is 1.53. The van der Waals surface area contributed by atoms with E-state index in [1.165, 1.54) is 13.4 Å². The Kier molecular flexibility index (Phi) is 8.30. The van der Waals surface area contributed by atoms with E-state index in [2.05, 4.69) is 21.2 Å². The van der Waals surface area contributed by atoms with Gasteiger partial charge in [0.15, 0.2) is 11.5 Å². The monoisotopic (exact) mass is 471 g/mol. The molecule has 0 saturated heterocycles. The number of nitrogens with zero attached hydrogens (tertiary/aromatic N) is 2. The predicted molar refractivity (Wildman–Crippen MR) is 123 cm³/mol. The molecule has 0 amide bonds. The molecule has 0 atom stereocenters. The summed E-state index contributed by atoms with van der Waals surface area (Å²) in [6, 6.07) is 10.9. The normalized spacial score (nSPS) is 11.1. The zero-order valence-corrected chi connectivity index (χ0v) is 18.6. The van der Waals surface area contributed by atoms with Gasteiger partial charge in [0.1, 0.15) is 12.1 Å². The summed E-state index contributed by atoms with van der Waals surface area (Å²) in [5.41, 5.74) is 2.17. The zero-order chi connectivity index (χ0) is 24.6. The van der Waals surface area contributed by atoms with Crippen LogP contribution in [0.4, 0.5) is 24.7 Å². The fourth-order valence-electron chi connectivity index (χ4n) is 3.32. The molecule has 3 aromatic rings. The van der Waals surface area contributed by atoms with Crippen molar-refractivity contribution < 1.29 is 27.4 Å². The van der Waals surface area contributed by atoms with E-state index < -0.39 is 18.4 Å². The van der Waals surface area contributed by atoms with Gasteiger partial charge in [-0.05, 0) is 37.1 Å². The van der Waals surface area contributed by atoms with E-state index in [1.807, 2.05) is 24.3 Å².